The number of carbonyl (C=O) groups is 1. The number of carboxylic acid groups (broad SMARTS) is 1. The Balaban J connectivity index is 2.72. The minimum absolute atomic E-state index is 0.0693. The zero-order chi connectivity index (χ0) is 21.9. The van der Waals surface area contributed by atoms with Gasteiger partial charge >= 0.3 is 18.0 Å². The Kier molecular flexibility index (Phi) is 6.85. The fraction of sp³-hybridized carbons (Fsp3) is 0.500. The molecule has 1 unspecified atom stereocenters. The van der Waals surface area contributed by atoms with Crippen molar-refractivity contribution in [3.63, 3.8) is 0 Å². The van der Waals surface area contributed by atoms with Crippen LogP contribution in [0.1, 0.15) is 23.8 Å². The topological polar surface area (TPSA) is 115 Å². The summed E-state index contributed by atoms with van der Waals surface area (Å²) in [5.74, 6) is 0. The molecule has 2 aromatic rings. The number of thiophene rings is 1. The fourth-order valence-electron chi connectivity index (χ4n) is 2.61. The van der Waals surface area contributed by atoms with Crippen LogP contribution in [0, 0.1) is 6.92 Å². The van der Waals surface area contributed by atoms with E-state index in [9.17, 15) is 27.6 Å². The van der Waals surface area contributed by atoms with Gasteiger partial charge in [0.05, 0.1) is 35.5 Å². The summed E-state index contributed by atoms with van der Waals surface area (Å²) in [7, 11) is 1.39. The number of aryl methyl sites for hydroxylation is 2. The van der Waals surface area contributed by atoms with Crippen LogP contribution in [0.2, 0.25) is 0 Å². The molecule has 13 heteroatoms. The van der Waals surface area contributed by atoms with Crippen LogP contribution in [0.3, 0.4) is 0 Å². The van der Waals surface area contributed by atoms with Gasteiger partial charge in [-0.2, -0.15) is 18.3 Å². The number of hydrogen-bond acceptors (Lipinski definition) is 6. The van der Waals surface area contributed by atoms with Crippen molar-refractivity contribution in [2.45, 2.75) is 45.6 Å². The van der Waals surface area contributed by atoms with Crippen LogP contribution in [-0.4, -0.2) is 45.9 Å². The Hall–Kier alpha value is -2.67. The third-order valence-electron chi connectivity index (χ3n) is 4.13. The van der Waals surface area contributed by atoms with Gasteiger partial charge in [0, 0.05) is 13.7 Å². The van der Waals surface area contributed by atoms with Crippen LogP contribution < -0.4 is 16.7 Å². The van der Waals surface area contributed by atoms with E-state index in [-0.39, 0.29) is 16.8 Å². The van der Waals surface area contributed by atoms with E-state index in [1.165, 1.54) is 7.11 Å². The molecule has 29 heavy (non-hydrogen) atoms. The molecular formula is C16H19F3N4O5S. The largest absolute Gasteiger partial charge is 0.464 e. The molecule has 2 aromatic heterocycles. The minimum Gasteiger partial charge on any atom is -0.464 e. The molecule has 0 saturated heterocycles. The number of fused-ring (bicyclic) bond motifs is 1. The quantitative estimate of drug-likeness (QED) is 0.510. The first kappa shape index (κ1) is 22.6. The summed E-state index contributed by atoms with van der Waals surface area (Å²) >= 11 is 0.883. The number of ether oxygens (including phenoxy) is 1. The van der Waals surface area contributed by atoms with E-state index in [1.807, 2.05) is 0 Å². The van der Waals surface area contributed by atoms with Gasteiger partial charge in [0.1, 0.15) is 4.83 Å². The van der Waals surface area contributed by atoms with Gasteiger partial charge in [0.25, 0.3) is 5.56 Å². The Labute approximate surface area is 166 Å². The molecule has 0 saturated carbocycles. The summed E-state index contributed by atoms with van der Waals surface area (Å²) in [4.78, 5) is 36.6. The molecule has 1 atom stereocenters. The van der Waals surface area contributed by atoms with Gasteiger partial charge in [-0.15, -0.1) is 11.3 Å². The maximum atomic E-state index is 12.9. The van der Waals surface area contributed by atoms with Crippen LogP contribution in [0.25, 0.3) is 10.2 Å². The minimum atomic E-state index is -4.49. The summed E-state index contributed by atoms with van der Waals surface area (Å²) in [6.45, 7) is 2.37. The summed E-state index contributed by atoms with van der Waals surface area (Å²) < 4.78 is 45.1. The third-order valence-corrected chi connectivity index (χ3v) is 5.38. The lowest BCUT2D eigenvalue weighted by molar-refractivity contribution is -0.136. The van der Waals surface area contributed by atoms with Crippen molar-refractivity contribution >= 4 is 33.9 Å². The molecule has 0 bridgehead atoms. The molecule has 0 aliphatic carbocycles. The van der Waals surface area contributed by atoms with Crippen LogP contribution in [0.5, 0.6) is 0 Å². The third kappa shape index (κ3) is 5.23. The van der Waals surface area contributed by atoms with Crippen molar-refractivity contribution in [3.8, 4) is 0 Å². The predicted octanol–water partition coefficient (Wildman–Crippen LogP) is 2.12. The summed E-state index contributed by atoms with van der Waals surface area (Å²) in [5, 5.41) is 12.1. The van der Waals surface area contributed by atoms with Gasteiger partial charge in [-0.3, -0.25) is 13.9 Å². The highest BCUT2D eigenvalue weighted by Gasteiger charge is 2.28. The van der Waals surface area contributed by atoms with Crippen molar-refractivity contribution in [1.29, 1.82) is 0 Å². The number of methoxy groups -OCH3 is 1. The van der Waals surface area contributed by atoms with E-state index in [0.717, 1.165) is 26.7 Å². The van der Waals surface area contributed by atoms with Crippen LogP contribution in [0.15, 0.2) is 14.7 Å². The molecular weight excluding hydrogens is 417 g/mol. The van der Waals surface area contributed by atoms with E-state index >= 15 is 0 Å². The lowest BCUT2D eigenvalue weighted by Crippen LogP contribution is -2.42. The molecule has 0 radical (unpaired) electrons. The molecule has 2 N–H and O–H groups in total. The Morgan fingerprint density at radius 1 is 1.38 bits per heavy atom. The average Bonchev–Trinajstić information content (AvgIpc) is 2.93. The summed E-state index contributed by atoms with van der Waals surface area (Å²) in [6, 6.07) is 0. The SMILES string of the molecule is COC(C)Cn1c(=O)c2c(C)c(C=NNC(=O)O)sc2n(CCC(F)(F)F)c1=O. The van der Waals surface area contributed by atoms with Crippen molar-refractivity contribution in [1.82, 2.24) is 14.6 Å². The van der Waals surface area contributed by atoms with E-state index in [1.54, 1.807) is 19.3 Å². The maximum Gasteiger partial charge on any atom is 0.425 e. The maximum absolute atomic E-state index is 12.9. The molecule has 2 rings (SSSR count). The highest BCUT2D eigenvalue weighted by Crippen LogP contribution is 2.28. The molecule has 9 nitrogen and oxygen atoms in total. The Morgan fingerprint density at radius 2 is 2.03 bits per heavy atom. The monoisotopic (exact) mass is 436 g/mol. The molecule has 0 aliphatic heterocycles. The zero-order valence-corrected chi connectivity index (χ0v) is 16.6. The zero-order valence-electron chi connectivity index (χ0n) is 15.7. The molecule has 0 fully saturated rings. The molecule has 2 heterocycles. The molecule has 160 valence electrons. The van der Waals surface area contributed by atoms with E-state index in [0.29, 0.717) is 10.4 Å². The molecule has 0 aliphatic rings. The number of nitrogens with one attached hydrogen (secondary N) is 1. The fourth-order valence-corrected chi connectivity index (χ4v) is 3.80. The van der Waals surface area contributed by atoms with E-state index in [2.05, 4.69) is 5.10 Å². The standard InChI is InChI=1S/C16H19F3N4O5S/c1-8(28-3)7-23-12(24)11-9(2)10(6-20-21-14(25)26)29-13(11)22(15(23)27)5-4-16(17,18)19/h6,8,21H,4-5,7H2,1-3H3,(H,25,26). The van der Waals surface area contributed by atoms with Gasteiger partial charge in [0.15, 0.2) is 0 Å². The number of hydrazone groups is 1. The number of nitrogens with zero attached hydrogens (tertiary/aromatic N) is 3. The van der Waals surface area contributed by atoms with Gasteiger partial charge in [-0.25, -0.2) is 15.0 Å². The lowest BCUT2D eigenvalue weighted by atomic mass is 10.2. The molecule has 1 amide bonds. The second-order valence-electron chi connectivity index (χ2n) is 6.21. The van der Waals surface area contributed by atoms with Gasteiger partial charge in [-0.1, -0.05) is 0 Å². The summed E-state index contributed by atoms with van der Waals surface area (Å²) in [6.07, 6.45) is -6.53. The van der Waals surface area contributed by atoms with Gasteiger partial charge in [0.2, 0.25) is 0 Å². The molecule has 0 spiro atoms. The van der Waals surface area contributed by atoms with Crippen molar-refractivity contribution in [2.75, 3.05) is 7.11 Å². The highest BCUT2D eigenvalue weighted by molar-refractivity contribution is 7.20. The van der Waals surface area contributed by atoms with Gasteiger partial charge in [-0.05, 0) is 19.4 Å². The first-order valence-corrected chi connectivity index (χ1v) is 9.16. The van der Waals surface area contributed by atoms with E-state index in [4.69, 9.17) is 9.84 Å². The number of rotatable bonds is 7. The number of aromatic nitrogens is 2. The first-order chi connectivity index (χ1) is 13.5. The normalized spacial score (nSPS) is 13.3. The summed E-state index contributed by atoms with van der Waals surface area (Å²) in [5.41, 5.74) is 0.625. The Morgan fingerprint density at radius 3 is 2.59 bits per heavy atom. The van der Waals surface area contributed by atoms with Crippen molar-refractivity contribution in [2.24, 2.45) is 5.10 Å². The van der Waals surface area contributed by atoms with E-state index < -0.39 is 42.6 Å². The van der Waals surface area contributed by atoms with Crippen LogP contribution >= 0.6 is 11.3 Å². The second kappa shape index (κ2) is 8.78. The lowest BCUT2D eigenvalue weighted by Gasteiger charge is -2.15. The predicted molar refractivity (Wildman–Crippen MR) is 101 cm³/mol. The van der Waals surface area contributed by atoms with Crippen molar-refractivity contribution < 1.29 is 27.8 Å². The Bertz CT molecular complexity index is 1050. The average molecular weight is 436 g/mol. The van der Waals surface area contributed by atoms with Gasteiger partial charge < -0.3 is 9.84 Å². The smallest absolute Gasteiger partial charge is 0.425 e. The number of hydrogen-bond donors (Lipinski definition) is 2. The molecule has 0 aromatic carbocycles. The van der Waals surface area contributed by atoms with Crippen LogP contribution in [-0.2, 0) is 17.8 Å². The highest BCUT2D eigenvalue weighted by atomic mass is 32.1. The van der Waals surface area contributed by atoms with Crippen LogP contribution in [0.4, 0.5) is 18.0 Å². The second-order valence-corrected chi connectivity index (χ2v) is 7.24. The number of halogens is 3. The number of alkyl halides is 3. The van der Waals surface area contributed by atoms with Crippen molar-refractivity contribution in [3.05, 3.63) is 31.3 Å². The first-order valence-electron chi connectivity index (χ1n) is 8.34. The number of amides is 1.